The van der Waals surface area contributed by atoms with Gasteiger partial charge in [0.1, 0.15) is 18.8 Å². The number of nitrogens with zero attached hydrogens (tertiary/aromatic N) is 5. The van der Waals surface area contributed by atoms with Crippen LogP contribution in [0.4, 0.5) is 5.82 Å². The van der Waals surface area contributed by atoms with E-state index in [0.717, 1.165) is 44.1 Å². The Kier molecular flexibility index (Phi) is 6.29. The summed E-state index contributed by atoms with van der Waals surface area (Å²) >= 11 is 0. The highest BCUT2D eigenvalue weighted by Crippen LogP contribution is 2.16. The van der Waals surface area contributed by atoms with Gasteiger partial charge in [-0.25, -0.2) is 9.97 Å². The summed E-state index contributed by atoms with van der Waals surface area (Å²) in [6.45, 7) is 3.49. The number of hydrogen-bond donors (Lipinski definition) is 0. The molecule has 23 heavy (non-hydrogen) atoms. The summed E-state index contributed by atoms with van der Waals surface area (Å²) in [6.07, 6.45) is 2.45. The third-order valence-electron chi connectivity index (χ3n) is 4.09. The molecule has 0 unspecified atom stereocenters. The Labute approximate surface area is 138 Å². The van der Waals surface area contributed by atoms with Crippen LogP contribution in [0.1, 0.15) is 5.69 Å². The first-order chi connectivity index (χ1) is 11.0. The number of ether oxygens (including phenoxy) is 1. The van der Waals surface area contributed by atoms with Gasteiger partial charge in [-0.3, -0.25) is 4.79 Å². The third kappa shape index (κ3) is 5.14. The van der Waals surface area contributed by atoms with Crippen molar-refractivity contribution in [1.29, 1.82) is 0 Å². The Balaban J connectivity index is 2.07. The van der Waals surface area contributed by atoms with Gasteiger partial charge in [-0.15, -0.1) is 0 Å². The summed E-state index contributed by atoms with van der Waals surface area (Å²) in [7, 11) is 7.60. The zero-order valence-electron chi connectivity index (χ0n) is 14.5. The summed E-state index contributed by atoms with van der Waals surface area (Å²) in [4.78, 5) is 27.0. The maximum Gasteiger partial charge on any atom is 0.248 e. The second-order valence-corrected chi connectivity index (χ2v) is 6.37. The molecule has 1 aromatic rings. The van der Waals surface area contributed by atoms with Gasteiger partial charge >= 0.3 is 0 Å². The van der Waals surface area contributed by atoms with E-state index in [1.54, 1.807) is 13.4 Å². The summed E-state index contributed by atoms with van der Waals surface area (Å²) < 4.78 is 4.99. The van der Waals surface area contributed by atoms with E-state index in [0.29, 0.717) is 5.92 Å². The van der Waals surface area contributed by atoms with Crippen molar-refractivity contribution in [2.75, 3.05) is 65.9 Å². The number of aromatic nitrogens is 2. The minimum atomic E-state index is 0.0597. The molecule has 7 nitrogen and oxygen atoms in total. The maximum absolute atomic E-state index is 12.1. The maximum atomic E-state index is 12.1. The normalized spacial score (nSPS) is 19.5. The van der Waals surface area contributed by atoms with Crippen molar-refractivity contribution in [2.45, 2.75) is 6.42 Å². The smallest absolute Gasteiger partial charge is 0.248 e. The van der Waals surface area contributed by atoms with Crippen LogP contribution in [0.5, 0.6) is 0 Å². The minimum Gasteiger partial charge on any atom is -0.375 e. The van der Waals surface area contributed by atoms with E-state index in [1.165, 1.54) is 0 Å². The molecule has 1 fully saturated rings. The van der Waals surface area contributed by atoms with E-state index in [-0.39, 0.29) is 12.5 Å². The van der Waals surface area contributed by atoms with Gasteiger partial charge in [-0.05, 0) is 19.4 Å². The van der Waals surface area contributed by atoms with Crippen LogP contribution in [0.3, 0.4) is 0 Å². The molecule has 0 saturated carbocycles. The molecule has 1 saturated heterocycles. The molecule has 0 aromatic carbocycles. The average Bonchev–Trinajstić information content (AvgIpc) is 2.69. The van der Waals surface area contributed by atoms with Gasteiger partial charge in [0.15, 0.2) is 0 Å². The topological polar surface area (TPSA) is 61.8 Å². The van der Waals surface area contributed by atoms with Crippen molar-refractivity contribution in [3.63, 3.8) is 0 Å². The van der Waals surface area contributed by atoms with E-state index < -0.39 is 0 Å². The Bertz CT molecular complexity index is 523. The van der Waals surface area contributed by atoms with Crippen molar-refractivity contribution >= 4 is 11.7 Å². The standard InChI is InChI=1S/C16H27N5O2/c1-19(2)15-8-14(17-12-18-15)7-13-9-20(3)5-6-21(10-13)16(22)11-23-4/h8,12-13H,5-7,9-11H2,1-4H3/t13-/m1/s1. The zero-order valence-corrected chi connectivity index (χ0v) is 14.5. The molecule has 1 atom stereocenters. The van der Waals surface area contributed by atoms with Crippen LogP contribution in [-0.4, -0.2) is 86.7 Å². The second kappa shape index (κ2) is 8.21. The number of carbonyl (C=O) groups is 1. The van der Waals surface area contributed by atoms with Crippen LogP contribution in [-0.2, 0) is 16.0 Å². The third-order valence-corrected chi connectivity index (χ3v) is 4.09. The van der Waals surface area contributed by atoms with Crippen molar-refractivity contribution in [2.24, 2.45) is 5.92 Å². The monoisotopic (exact) mass is 321 g/mol. The molecule has 128 valence electrons. The predicted octanol–water partition coefficient (Wildman–Crippen LogP) is 0.122. The molecular weight excluding hydrogens is 294 g/mol. The average molecular weight is 321 g/mol. The van der Waals surface area contributed by atoms with Gasteiger partial charge in [-0.2, -0.15) is 0 Å². The van der Waals surface area contributed by atoms with Crippen molar-refractivity contribution < 1.29 is 9.53 Å². The van der Waals surface area contributed by atoms with Gasteiger partial charge in [-0.1, -0.05) is 0 Å². The number of methoxy groups -OCH3 is 1. The van der Waals surface area contributed by atoms with Crippen LogP contribution < -0.4 is 4.90 Å². The molecule has 1 aromatic heterocycles. The summed E-state index contributed by atoms with van der Waals surface area (Å²) in [5.41, 5.74) is 1.02. The zero-order chi connectivity index (χ0) is 16.8. The predicted molar refractivity (Wildman–Crippen MR) is 89.5 cm³/mol. The molecular formula is C16H27N5O2. The highest BCUT2D eigenvalue weighted by Gasteiger charge is 2.24. The van der Waals surface area contributed by atoms with Gasteiger partial charge < -0.3 is 19.4 Å². The van der Waals surface area contributed by atoms with E-state index in [1.807, 2.05) is 30.0 Å². The molecule has 2 rings (SSSR count). The molecule has 1 amide bonds. The highest BCUT2D eigenvalue weighted by molar-refractivity contribution is 5.77. The molecule has 0 N–H and O–H groups in total. The molecule has 2 heterocycles. The minimum absolute atomic E-state index is 0.0597. The summed E-state index contributed by atoms with van der Waals surface area (Å²) in [5, 5.41) is 0. The van der Waals surface area contributed by atoms with Gasteiger partial charge in [0.25, 0.3) is 0 Å². The molecule has 7 heteroatoms. The second-order valence-electron chi connectivity index (χ2n) is 6.37. The molecule has 0 radical (unpaired) electrons. The Morgan fingerprint density at radius 1 is 1.35 bits per heavy atom. The fraction of sp³-hybridized carbons (Fsp3) is 0.688. The number of hydrogen-bond acceptors (Lipinski definition) is 6. The lowest BCUT2D eigenvalue weighted by Crippen LogP contribution is -2.38. The first-order valence-electron chi connectivity index (χ1n) is 7.93. The van der Waals surface area contributed by atoms with Crippen molar-refractivity contribution in [3.8, 4) is 0 Å². The Morgan fingerprint density at radius 2 is 2.13 bits per heavy atom. The van der Waals surface area contributed by atoms with E-state index in [9.17, 15) is 4.79 Å². The van der Waals surface area contributed by atoms with Gasteiger partial charge in [0.05, 0.1) is 0 Å². The van der Waals surface area contributed by atoms with Crippen LogP contribution >= 0.6 is 0 Å². The summed E-state index contributed by atoms with van der Waals surface area (Å²) in [6, 6.07) is 2.02. The number of amides is 1. The van der Waals surface area contributed by atoms with Crippen LogP contribution in [0.15, 0.2) is 12.4 Å². The Hall–Kier alpha value is -1.73. The van der Waals surface area contributed by atoms with Crippen LogP contribution in [0, 0.1) is 5.92 Å². The van der Waals surface area contributed by atoms with Gasteiger partial charge in [0.2, 0.25) is 5.91 Å². The molecule has 1 aliphatic rings. The van der Waals surface area contributed by atoms with Crippen molar-refractivity contribution in [3.05, 3.63) is 18.1 Å². The van der Waals surface area contributed by atoms with Crippen molar-refractivity contribution in [1.82, 2.24) is 19.8 Å². The fourth-order valence-electron chi connectivity index (χ4n) is 2.89. The Morgan fingerprint density at radius 3 is 2.83 bits per heavy atom. The lowest BCUT2D eigenvalue weighted by atomic mass is 10.0. The molecule has 0 bridgehead atoms. The highest BCUT2D eigenvalue weighted by atomic mass is 16.5. The number of likely N-dealkylation sites (N-methyl/N-ethyl adjacent to an activating group) is 1. The van der Waals surface area contributed by atoms with Crippen LogP contribution in [0.25, 0.3) is 0 Å². The SMILES string of the molecule is COCC(=O)N1CCN(C)C[C@@H](Cc2cc(N(C)C)ncn2)C1. The quantitative estimate of drug-likeness (QED) is 0.768. The van der Waals surface area contributed by atoms with E-state index in [2.05, 4.69) is 21.9 Å². The van der Waals surface area contributed by atoms with Gasteiger partial charge in [0, 0.05) is 59.1 Å². The number of rotatable bonds is 5. The number of carbonyl (C=O) groups excluding carboxylic acids is 1. The van der Waals surface area contributed by atoms with E-state index >= 15 is 0 Å². The fourth-order valence-corrected chi connectivity index (χ4v) is 2.89. The molecule has 1 aliphatic heterocycles. The molecule has 0 aliphatic carbocycles. The lowest BCUT2D eigenvalue weighted by molar-refractivity contribution is -0.135. The van der Waals surface area contributed by atoms with Crippen LogP contribution in [0.2, 0.25) is 0 Å². The van der Waals surface area contributed by atoms with E-state index in [4.69, 9.17) is 4.74 Å². The summed E-state index contributed by atoms with van der Waals surface area (Å²) in [5.74, 6) is 1.32. The molecule has 0 spiro atoms. The number of anilines is 1. The first-order valence-corrected chi connectivity index (χ1v) is 7.93. The largest absolute Gasteiger partial charge is 0.375 e. The lowest BCUT2D eigenvalue weighted by Gasteiger charge is -2.24. The first kappa shape index (κ1) is 17.6.